The molecular formula is C15H29BrN2O. The van der Waals surface area contributed by atoms with Crippen molar-refractivity contribution >= 4 is 0 Å². The molecule has 1 aromatic rings. The second kappa shape index (κ2) is 11.5. The van der Waals surface area contributed by atoms with Gasteiger partial charge in [-0.25, -0.2) is 9.13 Å². The molecule has 0 saturated heterocycles. The smallest absolute Gasteiger partial charge is 0.245 e. The third-order valence-corrected chi connectivity index (χ3v) is 3.45. The Hall–Kier alpha value is -0.350. The van der Waals surface area contributed by atoms with Crippen molar-refractivity contribution in [3.05, 3.63) is 18.7 Å². The molecule has 0 radical (unpaired) electrons. The van der Waals surface area contributed by atoms with Gasteiger partial charge in [0.25, 0.3) is 0 Å². The number of aliphatic hydroxyl groups excluding tert-OH is 1. The molecule has 3 nitrogen and oxygen atoms in total. The number of halogens is 1. The number of aliphatic hydroxyl groups is 1. The minimum absolute atomic E-state index is 0. The van der Waals surface area contributed by atoms with Crippen molar-refractivity contribution in [2.24, 2.45) is 7.05 Å². The van der Waals surface area contributed by atoms with E-state index in [4.69, 9.17) is 0 Å². The number of unbranched alkanes of at least 4 members (excludes halogenated alkanes) is 7. The van der Waals surface area contributed by atoms with E-state index in [2.05, 4.69) is 6.92 Å². The highest BCUT2D eigenvalue weighted by molar-refractivity contribution is 4.69. The summed E-state index contributed by atoms with van der Waals surface area (Å²) in [5, 5.41) is 9.96. The van der Waals surface area contributed by atoms with E-state index in [0.717, 1.165) is 12.8 Å². The lowest BCUT2D eigenvalue weighted by Gasteiger charge is -2.06. The molecule has 0 saturated carbocycles. The average molecular weight is 333 g/mol. The predicted octanol–water partition coefficient (Wildman–Crippen LogP) is 0.338. The molecule has 1 aromatic heterocycles. The Morgan fingerprint density at radius 3 is 2.16 bits per heavy atom. The van der Waals surface area contributed by atoms with Gasteiger partial charge in [0.15, 0.2) is 6.23 Å². The van der Waals surface area contributed by atoms with Crippen molar-refractivity contribution in [3.8, 4) is 0 Å². The van der Waals surface area contributed by atoms with Gasteiger partial charge in [0.2, 0.25) is 6.33 Å². The van der Waals surface area contributed by atoms with E-state index in [1.807, 2.05) is 34.9 Å². The largest absolute Gasteiger partial charge is 1.00 e. The van der Waals surface area contributed by atoms with E-state index in [1.165, 1.54) is 44.9 Å². The Labute approximate surface area is 128 Å². The lowest BCUT2D eigenvalue weighted by molar-refractivity contribution is -0.671. The third-order valence-electron chi connectivity index (χ3n) is 3.45. The number of imidazole rings is 1. The summed E-state index contributed by atoms with van der Waals surface area (Å²) in [4.78, 5) is 0. The summed E-state index contributed by atoms with van der Waals surface area (Å²) in [5.74, 6) is 0. The molecule has 1 unspecified atom stereocenters. The van der Waals surface area contributed by atoms with E-state index < -0.39 is 0 Å². The minimum atomic E-state index is -0.355. The van der Waals surface area contributed by atoms with Gasteiger partial charge in [0.1, 0.15) is 12.4 Å². The first kappa shape index (κ1) is 18.7. The van der Waals surface area contributed by atoms with Crippen LogP contribution in [0, 0.1) is 0 Å². The second-order valence-electron chi connectivity index (χ2n) is 5.27. The first-order valence-electron chi connectivity index (χ1n) is 7.45. The van der Waals surface area contributed by atoms with E-state index in [-0.39, 0.29) is 23.2 Å². The first-order chi connectivity index (χ1) is 8.74. The number of aromatic nitrogens is 2. The molecule has 1 heterocycles. The van der Waals surface area contributed by atoms with E-state index in [9.17, 15) is 5.11 Å². The molecule has 0 amide bonds. The molecule has 112 valence electrons. The van der Waals surface area contributed by atoms with Crippen LogP contribution in [0.2, 0.25) is 0 Å². The van der Waals surface area contributed by atoms with Crippen molar-refractivity contribution in [1.29, 1.82) is 0 Å². The molecule has 0 aliphatic carbocycles. The normalized spacial score (nSPS) is 12.2. The van der Waals surface area contributed by atoms with Gasteiger partial charge < -0.3 is 22.1 Å². The van der Waals surface area contributed by atoms with Gasteiger partial charge in [-0.15, -0.1) is 0 Å². The summed E-state index contributed by atoms with van der Waals surface area (Å²) < 4.78 is 3.83. The van der Waals surface area contributed by atoms with Crippen LogP contribution in [0.15, 0.2) is 18.7 Å². The molecule has 19 heavy (non-hydrogen) atoms. The van der Waals surface area contributed by atoms with Gasteiger partial charge in [0, 0.05) is 6.42 Å². The van der Waals surface area contributed by atoms with Crippen LogP contribution >= 0.6 is 0 Å². The van der Waals surface area contributed by atoms with Crippen LogP contribution in [0.1, 0.15) is 70.9 Å². The third kappa shape index (κ3) is 8.43. The van der Waals surface area contributed by atoms with Gasteiger partial charge in [0.05, 0.1) is 7.05 Å². The number of hydrogen-bond acceptors (Lipinski definition) is 1. The lowest BCUT2D eigenvalue weighted by Crippen LogP contribution is -3.00. The number of rotatable bonds is 10. The molecular weight excluding hydrogens is 304 g/mol. The molecule has 1 rings (SSSR count). The standard InChI is InChI=1S/C15H29N2O.BrH/c1-3-4-5-6-7-8-9-10-11-15(18)17-13-12-16(2)14-17;/h12-15,18H,3-11H2,1-2H3;1H/q+1;/p-1. The van der Waals surface area contributed by atoms with Gasteiger partial charge in [-0.05, 0) is 6.42 Å². The minimum Gasteiger partial charge on any atom is -1.00 e. The van der Waals surface area contributed by atoms with Crippen molar-refractivity contribution in [1.82, 2.24) is 4.57 Å². The molecule has 4 heteroatoms. The zero-order valence-electron chi connectivity index (χ0n) is 12.4. The Morgan fingerprint density at radius 1 is 1.05 bits per heavy atom. The Kier molecular flexibility index (Phi) is 11.3. The van der Waals surface area contributed by atoms with Crippen molar-refractivity contribution in [2.45, 2.75) is 70.9 Å². The predicted molar refractivity (Wildman–Crippen MR) is 74.1 cm³/mol. The monoisotopic (exact) mass is 332 g/mol. The van der Waals surface area contributed by atoms with E-state index >= 15 is 0 Å². The van der Waals surface area contributed by atoms with Gasteiger partial charge in [-0.2, -0.15) is 0 Å². The summed E-state index contributed by atoms with van der Waals surface area (Å²) >= 11 is 0. The fraction of sp³-hybridized carbons (Fsp3) is 0.800. The highest BCUT2D eigenvalue weighted by atomic mass is 79.9. The Bertz CT molecular complexity index is 315. The maximum Gasteiger partial charge on any atom is 0.245 e. The molecule has 0 fully saturated rings. The first-order valence-corrected chi connectivity index (χ1v) is 7.45. The molecule has 1 atom stereocenters. The highest BCUT2D eigenvalue weighted by Gasteiger charge is 2.11. The molecule has 0 aliphatic heterocycles. The Morgan fingerprint density at radius 2 is 1.63 bits per heavy atom. The zero-order valence-corrected chi connectivity index (χ0v) is 14.0. The summed E-state index contributed by atoms with van der Waals surface area (Å²) in [6.45, 7) is 2.25. The highest BCUT2D eigenvalue weighted by Crippen LogP contribution is 2.14. The van der Waals surface area contributed by atoms with Crippen LogP contribution in [-0.2, 0) is 7.05 Å². The maximum atomic E-state index is 9.96. The van der Waals surface area contributed by atoms with Crippen LogP contribution in [0.4, 0.5) is 0 Å². The topological polar surface area (TPSA) is 29.0 Å². The van der Waals surface area contributed by atoms with Crippen LogP contribution < -0.4 is 21.5 Å². The van der Waals surface area contributed by atoms with E-state index in [0.29, 0.717) is 0 Å². The van der Waals surface area contributed by atoms with Crippen LogP contribution in [0.5, 0.6) is 0 Å². The molecule has 0 bridgehead atoms. The Balaban J connectivity index is 0.00000324. The summed E-state index contributed by atoms with van der Waals surface area (Å²) in [6, 6.07) is 0. The van der Waals surface area contributed by atoms with Crippen LogP contribution in [0.3, 0.4) is 0 Å². The number of aryl methyl sites for hydroxylation is 1. The SMILES string of the molecule is CCCCCCCCCCC(O)n1cc[n+](C)c1.[Br-]. The number of nitrogens with zero attached hydrogens (tertiary/aromatic N) is 2. The number of hydrogen-bond donors (Lipinski definition) is 1. The fourth-order valence-corrected chi connectivity index (χ4v) is 2.26. The van der Waals surface area contributed by atoms with Crippen molar-refractivity contribution < 1.29 is 26.7 Å². The molecule has 1 N–H and O–H groups in total. The van der Waals surface area contributed by atoms with Gasteiger partial charge >= 0.3 is 0 Å². The second-order valence-corrected chi connectivity index (χ2v) is 5.27. The molecule has 0 aromatic carbocycles. The van der Waals surface area contributed by atoms with Crippen molar-refractivity contribution in [3.63, 3.8) is 0 Å². The quantitative estimate of drug-likeness (QED) is 0.486. The van der Waals surface area contributed by atoms with Crippen LogP contribution in [-0.4, -0.2) is 9.67 Å². The summed E-state index contributed by atoms with van der Waals surface area (Å²) in [5.41, 5.74) is 0. The fourth-order valence-electron chi connectivity index (χ4n) is 2.26. The van der Waals surface area contributed by atoms with Gasteiger partial charge in [-0.3, -0.25) is 0 Å². The summed E-state index contributed by atoms with van der Waals surface area (Å²) in [7, 11) is 1.97. The average Bonchev–Trinajstić information content (AvgIpc) is 2.79. The molecule has 0 aliphatic rings. The maximum absolute atomic E-state index is 9.96. The zero-order chi connectivity index (χ0) is 13.2. The van der Waals surface area contributed by atoms with E-state index in [1.54, 1.807) is 0 Å². The summed E-state index contributed by atoms with van der Waals surface area (Å²) in [6.07, 6.45) is 16.8. The van der Waals surface area contributed by atoms with Crippen LogP contribution in [0.25, 0.3) is 0 Å². The lowest BCUT2D eigenvalue weighted by atomic mass is 10.1. The molecule has 0 spiro atoms. The van der Waals surface area contributed by atoms with Crippen molar-refractivity contribution in [2.75, 3.05) is 0 Å². The van der Waals surface area contributed by atoms with Gasteiger partial charge in [-0.1, -0.05) is 51.9 Å².